The van der Waals surface area contributed by atoms with Gasteiger partial charge >= 0.3 is 5.97 Å². The standard InChI is InChI=1S/C29H30N4O3/c1-3-33-26-12-11-24(19(2)29(26)30-31-33)25(17-28(35)36)22-10-9-21-13-14-32(18-23(21)16-22)27(34)15-20-7-5-4-6-8-20/h4-12,16,25H,3,13-15,17-18H2,1-2H3,(H,35,36)/t25-/m1/s1. The Kier molecular flexibility index (Phi) is 6.55. The highest BCUT2D eigenvalue weighted by Crippen LogP contribution is 2.35. The monoisotopic (exact) mass is 482 g/mol. The predicted molar refractivity (Wildman–Crippen MR) is 138 cm³/mol. The SMILES string of the molecule is CCn1nnc2c(C)c([C@H](CC(=O)O)c3ccc4c(c3)CN(C(=O)Cc3ccccc3)CC4)ccc21. The highest BCUT2D eigenvalue weighted by atomic mass is 16.4. The Labute approximate surface area is 210 Å². The molecule has 0 unspecified atom stereocenters. The average Bonchev–Trinajstić information content (AvgIpc) is 3.32. The lowest BCUT2D eigenvalue weighted by Gasteiger charge is -2.30. The van der Waals surface area contributed by atoms with Crippen molar-refractivity contribution in [1.82, 2.24) is 19.9 Å². The van der Waals surface area contributed by atoms with Crippen LogP contribution in [0, 0.1) is 6.92 Å². The van der Waals surface area contributed by atoms with Crippen LogP contribution >= 0.6 is 0 Å². The molecule has 0 fully saturated rings. The lowest BCUT2D eigenvalue weighted by molar-refractivity contribution is -0.137. The molecule has 36 heavy (non-hydrogen) atoms. The Hall–Kier alpha value is -4.00. The third-order valence-electron chi connectivity index (χ3n) is 7.23. The number of benzene rings is 3. The third-order valence-corrected chi connectivity index (χ3v) is 7.23. The molecule has 4 aromatic rings. The van der Waals surface area contributed by atoms with E-state index in [1.165, 1.54) is 5.56 Å². The van der Waals surface area contributed by atoms with Gasteiger partial charge in [-0.15, -0.1) is 5.10 Å². The van der Waals surface area contributed by atoms with E-state index >= 15 is 0 Å². The van der Waals surface area contributed by atoms with Crippen molar-refractivity contribution in [2.75, 3.05) is 6.54 Å². The number of carboxylic acids is 1. The minimum atomic E-state index is -0.853. The summed E-state index contributed by atoms with van der Waals surface area (Å²) < 4.78 is 1.85. The maximum Gasteiger partial charge on any atom is 0.304 e. The molecule has 7 heteroatoms. The summed E-state index contributed by atoms with van der Waals surface area (Å²) >= 11 is 0. The minimum absolute atomic E-state index is 0.0241. The normalized spacial score (nSPS) is 14.0. The summed E-state index contributed by atoms with van der Waals surface area (Å²) in [6.07, 6.45) is 1.16. The van der Waals surface area contributed by atoms with Crippen LogP contribution in [0.4, 0.5) is 0 Å². The van der Waals surface area contributed by atoms with E-state index in [0.29, 0.717) is 19.5 Å². The molecular weight excluding hydrogens is 452 g/mol. The minimum Gasteiger partial charge on any atom is -0.481 e. The van der Waals surface area contributed by atoms with Crippen LogP contribution in [0.25, 0.3) is 11.0 Å². The fraction of sp³-hybridized carbons (Fsp3) is 0.310. The molecule has 7 nitrogen and oxygen atoms in total. The second-order valence-electron chi connectivity index (χ2n) is 9.46. The van der Waals surface area contributed by atoms with Gasteiger partial charge in [0.25, 0.3) is 0 Å². The molecule has 1 N–H and O–H groups in total. The van der Waals surface area contributed by atoms with Crippen molar-refractivity contribution in [2.24, 2.45) is 0 Å². The summed E-state index contributed by atoms with van der Waals surface area (Å²) in [5, 5.41) is 18.4. The maximum absolute atomic E-state index is 13.0. The van der Waals surface area contributed by atoms with Gasteiger partial charge < -0.3 is 10.0 Å². The van der Waals surface area contributed by atoms with Crippen LogP contribution < -0.4 is 0 Å². The first-order chi connectivity index (χ1) is 17.4. The Morgan fingerprint density at radius 1 is 1.06 bits per heavy atom. The van der Waals surface area contributed by atoms with Crippen LogP contribution in [0.5, 0.6) is 0 Å². The third kappa shape index (κ3) is 4.61. The highest BCUT2D eigenvalue weighted by Gasteiger charge is 2.25. The summed E-state index contributed by atoms with van der Waals surface area (Å²) in [5.41, 5.74) is 7.91. The van der Waals surface area contributed by atoms with Crippen molar-refractivity contribution in [3.63, 3.8) is 0 Å². The lowest BCUT2D eigenvalue weighted by atomic mass is 9.83. The molecular formula is C29H30N4O3. The summed E-state index contributed by atoms with van der Waals surface area (Å²) in [6, 6.07) is 20.0. The number of amides is 1. The Morgan fingerprint density at radius 2 is 1.86 bits per heavy atom. The average molecular weight is 483 g/mol. The van der Waals surface area contributed by atoms with Crippen LogP contribution in [-0.2, 0) is 35.5 Å². The number of carbonyl (C=O) groups excluding carboxylic acids is 1. The molecule has 1 atom stereocenters. The van der Waals surface area contributed by atoms with Crippen molar-refractivity contribution >= 4 is 22.9 Å². The molecule has 2 heterocycles. The number of fused-ring (bicyclic) bond motifs is 2. The zero-order valence-corrected chi connectivity index (χ0v) is 20.6. The Balaban J connectivity index is 1.45. The van der Waals surface area contributed by atoms with E-state index < -0.39 is 5.97 Å². The van der Waals surface area contributed by atoms with E-state index in [1.54, 1.807) is 0 Å². The number of nitrogens with zero attached hydrogens (tertiary/aromatic N) is 4. The van der Waals surface area contributed by atoms with E-state index in [4.69, 9.17) is 0 Å². The van der Waals surface area contributed by atoms with Gasteiger partial charge in [-0.3, -0.25) is 9.59 Å². The number of carbonyl (C=O) groups is 2. The summed E-state index contributed by atoms with van der Waals surface area (Å²) in [7, 11) is 0. The van der Waals surface area contributed by atoms with Crippen LogP contribution in [-0.4, -0.2) is 43.4 Å². The maximum atomic E-state index is 13.0. The van der Waals surface area contributed by atoms with Gasteiger partial charge in [0.2, 0.25) is 5.91 Å². The fourth-order valence-electron chi connectivity index (χ4n) is 5.26. The number of hydrogen-bond donors (Lipinski definition) is 1. The molecule has 5 rings (SSSR count). The molecule has 1 aliphatic rings. The number of aromatic nitrogens is 3. The lowest BCUT2D eigenvalue weighted by Crippen LogP contribution is -2.37. The summed E-state index contributed by atoms with van der Waals surface area (Å²) in [4.78, 5) is 26.8. The zero-order valence-electron chi connectivity index (χ0n) is 20.6. The van der Waals surface area contributed by atoms with Gasteiger partial charge in [-0.25, -0.2) is 4.68 Å². The van der Waals surface area contributed by atoms with Crippen molar-refractivity contribution in [1.29, 1.82) is 0 Å². The van der Waals surface area contributed by atoms with Crippen LogP contribution in [0.2, 0.25) is 0 Å². The van der Waals surface area contributed by atoms with Crippen molar-refractivity contribution in [3.8, 4) is 0 Å². The van der Waals surface area contributed by atoms with Gasteiger partial charge in [-0.2, -0.15) is 0 Å². The molecule has 1 aromatic heterocycles. The second-order valence-corrected chi connectivity index (χ2v) is 9.46. The van der Waals surface area contributed by atoms with Gasteiger partial charge in [0, 0.05) is 25.6 Å². The molecule has 1 amide bonds. The van der Waals surface area contributed by atoms with Crippen LogP contribution in [0.15, 0.2) is 60.7 Å². The molecule has 3 aromatic carbocycles. The van der Waals surface area contributed by atoms with E-state index in [9.17, 15) is 14.7 Å². The van der Waals surface area contributed by atoms with Gasteiger partial charge in [0.15, 0.2) is 0 Å². The van der Waals surface area contributed by atoms with E-state index in [0.717, 1.165) is 51.8 Å². The number of rotatable bonds is 7. The molecule has 0 saturated carbocycles. The summed E-state index contributed by atoms with van der Waals surface area (Å²) in [5.74, 6) is -1.06. The molecule has 0 radical (unpaired) electrons. The summed E-state index contributed by atoms with van der Waals surface area (Å²) in [6.45, 7) is 5.96. The van der Waals surface area contributed by atoms with Crippen LogP contribution in [0.3, 0.4) is 0 Å². The number of carboxylic acid groups (broad SMARTS) is 1. The zero-order chi connectivity index (χ0) is 25.2. The first-order valence-electron chi connectivity index (χ1n) is 12.4. The van der Waals surface area contributed by atoms with Crippen molar-refractivity contribution in [2.45, 2.75) is 52.1 Å². The van der Waals surface area contributed by atoms with E-state index in [1.807, 2.05) is 72.0 Å². The largest absolute Gasteiger partial charge is 0.481 e. The topological polar surface area (TPSA) is 88.3 Å². The smallest absolute Gasteiger partial charge is 0.304 e. The van der Waals surface area contributed by atoms with E-state index in [-0.39, 0.29) is 18.2 Å². The van der Waals surface area contributed by atoms with Gasteiger partial charge in [0.1, 0.15) is 5.52 Å². The van der Waals surface area contributed by atoms with Gasteiger partial charge in [-0.05, 0) is 59.7 Å². The molecule has 1 aliphatic heterocycles. The molecule has 0 aliphatic carbocycles. The predicted octanol–water partition coefficient (Wildman–Crippen LogP) is 4.49. The molecule has 184 valence electrons. The fourth-order valence-corrected chi connectivity index (χ4v) is 5.26. The number of aryl methyl sites for hydroxylation is 2. The Bertz CT molecular complexity index is 1430. The number of aliphatic carboxylic acids is 1. The van der Waals surface area contributed by atoms with Gasteiger partial charge in [0.05, 0.1) is 18.4 Å². The first-order valence-corrected chi connectivity index (χ1v) is 12.4. The number of hydrogen-bond acceptors (Lipinski definition) is 4. The first kappa shape index (κ1) is 23.7. The van der Waals surface area contributed by atoms with Crippen molar-refractivity contribution in [3.05, 3.63) is 94.0 Å². The van der Waals surface area contributed by atoms with E-state index in [2.05, 4.69) is 22.4 Å². The second kappa shape index (κ2) is 9.93. The van der Waals surface area contributed by atoms with Crippen molar-refractivity contribution < 1.29 is 14.7 Å². The van der Waals surface area contributed by atoms with Gasteiger partial charge in [-0.1, -0.05) is 59.8 Å². The van der Waals surface area contributed by atoms with Crippen LogP contribution in [0.1, 0.15) is 52.6 Å². The quantitative estimate of drug-likeness (QED) is 0.419. The molecule has 0 bridgehead atoms. The molecule has 0 saturated heterocycles. The highest BCUT2D eigenvalue weighted by molar-refractivity contribution is 5.81. The Morgan fingerprint density at radius 3 is 2.61 bits per heavy atom. The molecule has 0 spiro atoms.